The van der Waals surface area contributed by atoms with Crippen LogP contribution in [0.2, 0.25) is 5.02 Å². The second kappa shape index (κ2) is 15.0. The molecule has 1 saturated carbocycles. The topological polar surface area (TPSA) is 86.8 Å². The van der Waals surface area contributed by atoms with Crippen LogP contribution in [0.25, 0.3) is 0 Å². The van der Waals surface area contributed by atoms with Crippen molar-refractivity contribution in [3.05, 3.63) is 130 Å². The lowest BCUT2D eigenvalue weighted by Crippen LogP contribution is -2.54. The van der Waals surface area contributed by atoms with Gasteiger partial charge in [0.15, 0.2) is 0 Å². The molecule has 0 radical (unpaired) electrons. The summed E-state index contributed by atoms with van der Waals surface area (Å²) in [4.78, 5) is 30.3. The molecule has 0 spiro atoms. The van der Waals surface area contributed by atoms with Crippen LogP contribution in [-0.4, -0.2) is 43.8 Å². The number of aryl methyl sites for hydroxylation is 2. The lowest BCUT2D eigenvalue weighted by Gasteiger charge is -2.34. The number of anilines is 1. The summed E-state index contributed by atoms with van der Waals surface area (Å²) in [7, 11) is -4.15. The fraction of sp³-hybridized carbons (Fsp3) is 0.297. The van der Waals surface area contributed by atoms with Gasteiger partial charge in [0, 0.05) is 24.0 Å². The van der Waals surface area contributed by atoms with Crippen LogP contribution in [0.3, 0.4) is 0 Å². The van der Waals surface area contributed by atoms with E-state index in [1.54, 1.807) is 36.4 Å². The summed E-state index contributed by atoms with van der Waals surface area (Å²) in [5.74, 6) is -0.737. The van der Waals surface area contributed by atoms with Crippen LogP contribution in [0.15, 0.2) is 108 Å². The van der Waals surface area contributed by atoms with Crippen molar-refractivity contribution in [3.8, 4) is 0 Å². The molecule has 1 aliphatic carbocycles. The Kier molecular flexibility index (Phi) is 10.8. The van der Waals surface area contributed by atoms with Crippen molar-refractivity contribution >= 4 is 39.1 Å². The van der Waals surface area contributed by atoms with Gasteiger partial charge in [-0.05, 0) is 73.7 Å². The van der Waals surface area contributed by atoms with E-state index < -0.39 is 28.5 Å². The summed E-state index contributed by atoms with van der Waals surface area (Å²) in [6.45, 7) is 3.37. The molecule has 1 aliphatic rings. The maximum atomic E-state index is 14.6. The van der Waals surface area contributed by atoms with Crippen LogP contribution in [0.4, 0.5) is 5.69 Å². The van der Waals surface area contributed by atoms with Gasteiger partial charge in [0.25, 0.3) is 10.0 Å². The molecule has 9 heteroatoms. The molecule has 1 atom stereocenters. The van der Waals surface area contributed by atoms with E-state index in [0.717, 1.165) is 47.9 Å². The van der Waals surface area contributed by atoms with Gasteiger partial charge < -0.3 is 10.2 Å². The first-order valence-electron chi connectivity index (χ1n) is 15.6. The number of halogens is 1. The standard InChI is InChI=1S/C37H40ClN3O4S/c1-27-17-22-34(28(2)23-27)41(46(44,45)33-15-7-4-8-16-33)26-36(42)40(25-30-18-20-31(38)21-19-30)35(24-29-11-5-3-6-12-29)37(43)39-32-13-9-10-14-32/h3-8,11-12,15-23,32,35H,9-10,13-14,24-26H2,1-2H3,(H,39,43). The summed E-state index contributed by atoms with van der Waals surface area (Å²) < 4.78 is 29.6. The molecule has 4 aromatic rings. The predicted octanol–water partition coefficient (Wildman–Crippen LogP) is 6.85. The van der Waals surface area contributed by atoms with Gasteiger partial charge in [0.2, 0.25) is 11.8 Å². The molecular weight excluding hydrogens is 618 g/mol. The van der Waals surface area contributed by atoms with E-state index in [2.05, 4.69) is 5.32 Å². The quantitative estimate of drug-likeness (QED) is 0.181. The monoisotopic (exact) mass is 657 g/mol. The second-order valence-corrected chi connectivity index (χ2v) is 14.3. The van der Waals surface area contributed by atoms with E-state index in [0.29, 0.717) is 10.7 Å². The number of sulfonamides is 1. The lowest BCUT2D eigenvalue weighted by molar-refractivity contribution is -0.140. The Morgan fingerprint density at radius 3 is 2.11 bits per heavy atom. The van der Waals surface area contributed by atoms with E-state index in [-0.39, 0.29) is 29.8 Å². The Bertz CT molecular complexity index is 1740. The van der Waals surface area contributed by atoms with Crippen LogP contribution >= 0.6 is 11.6 Å². The molecule has 2 amide bonds. The fourth-order valence-electron chi connectivity index (χ4n) is 6.03. The highest BCUT2D eigenvalue weighted by atomic mass is 35.5. The molecule has 0 bridgehead atoms. The highest BCUT2D eigenvalue weighted by Crippen LogP contribution is 2.29. The van der Waals surface area contributed by atoms with Gasteiger partial charge in [-0.2, -0.15) is 0 Å². The second-order valence-electron chi connectivity index (χ2n) is 12.0. The molecule has 240 valence electrons. The number of amides is 2. The fourth-order valence-corrected chi connectivity index (χ4v) is 7.65. The lowest BCUT2D eigenvalue weighted by atomic mass is 10.0. The van der Waals surface area contributed by atoms with Crippen molar-refractivity contribution in [1.29, 1.82) is 0 Å². The van der Waals surface area contributed by atoms with Crippen LogP contribution in [0.5, 0.6) is 0 Å². The number of carbonyl (C=O) groups excluding carboxylic acids is 2. The minimum absolute atomic E-state index is 0.0448. The maximum absolute atomic E-state index is 14.6. The van der Waals surface area contributed by atoms with Crippen molar-refractivity contribution in [3.63, 3.8) is 0 Å². The average molecular weight is 658 g/mol. The summed E-state index contributed by atoms with van der Waals surface area (Å²) in [5, 5.41) is 3.75. The smallest absolute Gasteiger partial charge is 0.264 e. The zero-order chi connectivity index (χ0) is 32.7. The molecule has 46 heavy (non-hydrogen) atoms. The highest BCUT2D eigenvalue weighted by Gasteiger charge is 2.36. The maximum Gasteiger partial charge on any atom is 0.264 e. The Hall–Kier alpha value is -4.14. The van der Waals surface area contributed by atoms with Crippen LogP contribution < -0.4 is 9.62 Å². The summed E-state index contributed by atoms with van der Waals surface area (Å²) in [6.07, 6.45) is 4.15. The Morgan fingerprint density at radius 1 is 0.848 bits per heavy atom. The summed E-state index contributed by atoms with van der Waals surface area (Å²) in [5.41, 5.74) is 3.76. The normalized spacial score (nSPS) is 14.1. The number of nitrogens with zero attached hydrogens (tertiary/aromatic N) is 2. The van der Waals surface area contributed by atoms with E-state index in [9.17, 15) is 18.0 Å². The van der Waals surface area contributed by atoms with Crippen LogP contribution in [-0.2, 0) is 32.6 Å². The Morgan fingerprint density at radius 2 is 1.48 bits per heavy atom. The van der Waals surface area contributed by atoms with Gasteiger partial charge in [-0.15, -0.1) is 0 Å². The third-order valence-corrected chi connectivity index (χ3v) is 10.5. The minimum atomic E-state index is -4.15. The van der Waals surface area contributed by atoms with Crippen LogP contribution in [0.1, 0.15) is 47.9 Å². The van der Waals surface area contributed by atoms with Crippen molar-refractivity contribution < 1.29 is 18.0 Å². The number of hydrogen-bond acceptors (Lipinski definition) is 4. The van der Waals surface area contributed by atoms with Gasteiger partial charge in [-0.3, -0.25) is 13.9 Å². The zero-order valence-corrected chi connectivity index (χ0v) is 27.8. The van der Waals surface area contributed by atoms with Gasteiger partial charge >= 0.3 is 0 Å². The third-order valence-electron chi connectivity index (χ3n) is 8.47. The first-order valence-corrected chi connectivity index (χ1v) is 17.5. The molecule has 1 N–H and O–H groups in total. The number of benzene rings is 4. The van der Waals surface area contributed by atoms with Crippen molar-refractivity contribution in [1.82, 2.24) is 10.2 Å². The molecule has 4 aromatic carbocycles. The average Bonchev–Trinajstić information content (AvgIpc) is 3.56. The molecular formula is C37H40ClN3O4S. The molecule has 0 heterocycles. The molecule has 0 aromatic heterocycles. The van der Waals surface area contributed by atoms with E-state index in [4.69, 9.17) is 11.6 Å². The molecule has 0 saturated heterocycles. The minimum Gasteiger partial charge on any atom is -0.352 e. The zero-order valence-electron chi connectivity index (χ0n) is 26.2. The van der Waals surface area contributed by atoms with Gasteiger partial charge in [0.05, 0.1) is 10.6 Å². The van der Waals surface area contributed by atoms with Crippen molar-refractivity contribution in [2.24, 2.45) is 0 Å². The molecule has 5 rings (SSSR count). The van der Waals surface area contributed by atoms with Crippen molar-refractivity contribution in [2.75, 3.05) is 10.8 Å². The van der Waals surface area contributed by atoms with Crippen molar-refractivity contribution in [2.45, 2.75) is 69.5 Å². The molecule has 1 fully saturated rings. The molecule has 7 nitrogen and oxygen atoms in total. The van der Waals surface area contributed by atoms with Gasteiger partial charge in [0.1, 0.15) is 12.6 Å². The molecule has 0 aliphatic heterocycles. The first kappa shape index (κ1) is 33.2. The van der Waals surface area contributed by atoms with E-state index >= 15 is 0 Å². The third kappa shape index (κ3) is 8.17. The summed E-state index contributed by atoms with van der Waals surface area (Å²) in [6, 6.07) is 29.4. The predicted molar refractivity (Wildman–Crippen MR) is 183 cm³/mol. The number of carbonyl (C=O) groups is 2. The molecule has 1 unspecified atom stereocenters. The van der Waals surface area contributed by atoms with Crippen LogP contribution in [0, 0.1) is 13.8 Å². The number of nitrogens with one attached hydrogen (secondary N) is 1. The number of hydrogen-bond donors (Lipinski definition) is 1. The SMILES string of the molecule is Cc1ccc(N(CC(=O)N(Cc2ccc(Cl)cc2)C(Cc2ccccc2)C(=O)NC2CCCC2)S(=O)(=O)c2ccccc2)c(C)c1. The number of rotatable bonds is 12. The highest BCUT2D eigenvalue weighted by molar-refractivity contribution is 7.92. The Balaban J connectivity index is 1.57. The van der Waals surface area contributed by atoms with Gasteiger partial charge in [-0.1, -0.05) is 103 Å². The summed E-state index contributed by atoms with van der Waals surface area (Å²) >= 11 is 6.18. The Labute approximate surface area is 277 Å². The van der Waals surface area contributed by atoms with E-state index in [1.807, 2.05) is 68.4 Å². The van der Waals surface area contributed by atoms with Gasteiger partial charge in [-0.25, -0.2) is 8.42 Å². The first-order chi connectivity index (χ1) is 22.1. The van der Waals surface area contributed by atoms with E-state index in [1.165, 1.54) is 21.3 Å². The largest absolute Gasteiger partial charge is 0.352 e.